The highest BCUT2D eigenvalue weighted by Gasteiger charge is 2.12. The van der Waals surface area contributed by atoms with E-state index in [2.05, 4.69) is 30.7 Å². The van der Waals surface area contributed by atoms with Gasteiger partial charge in [0.05, 0.1) is 5.69 Å². The molecule has 1 atom stereocenters. The maximum atomic E-state index is 6.07. The summed E-state index contributed by atoms with van der Waals surface area (Å²) >= 11 is 0. The summed E-state index contributed by atoms with van der Waals surface area (Å²) in [4.78, 5) is 8.06. The summed E-state index contributed by atoms with van der Waals surface area (Å²) in [7, 11) is 0. The minimum Gasteiger partial charge on any atom is -0.346 e. The predicted octanol–water partition coefficient (Wildman–Crippen LogP) is 5.20. The quantitative estimate of drug-likeness (QED) is 0.520. The number of unbranched alkanes of at least 4 members (excludes halogenated alkanes) is 8. The number of aromatic amines is 1. The van der Waals surface area contributed by atoms with Gasteiger partial charge < -0.3 is 10.7 Å². The number of rotatable bonds is 12. The molecule has 0 saturated carbocycles. The summed E-state index contributed by atoms with van der Waals surface area (Å²) < 4.78 is 0. The first-order chi connectivity index (χ1) is 10.2. The molecule has 0 saturated heterocycles. The number of nitrogens with one attached hydrogen (secondary N) is 1. The Kier molecular flexibility index (Phi) is 9.40. The van der Waals surface area contributed by atoms with E-state index in [-0.39, 0.29) is 6.04 Å². The molecular weight excluding hydrogens is 258 g/mol. The Hall–Kier alpha value is -0.830. The van der Waals surface area contributed by atoms with E-state index in [9.17, 15) is 0 Å². The summed E-state index contributed by atoms with van der Waals surface area (Å²) in [6, 6.07) is 0.0816. The number of nitrogens with two attached hydrogens (primary N) is 1. The molecule has 21 heavy (non-hydrogen) atoms. The van der Waals surface area contributed by atoms with Crippen LogP contribution in [0.2, 0.25) is 0 Å². The number of H-pyrrole nitrogens is 1. The molecule has 3 nitrogen and oxygen atoms in total. The first-order valence-electron chi connectivity index (χ1n) is 9.00. The van der Waals surface area contributed by atoms with Crippen molar-refractivity contribution in [2.45, 2.75) is 97.4 Å². The van der Waals surface area contributed by atoms with Crippen molar-refractivity contribution in [3.05, 3.63) is 17.2 Å². The average Bonchev–Trinajstić information content (AvgIpc) is 2.85. The van der Waals surface area contributed by atoms with Crippen molar-refractivity contribution in [3.8, 4) is 0 Å². The highest BCUT2D eigenvalue weighted by molar-refractivity contribution is 5.16. The maximum Gasteiger partial charge on any atom is 0.106 e. The summed E-state index contributed by atoms with van der Waals surface area (Å²) in [6.07, 6.45) is 14.3. The molecule has 0 aliphatic heterocycles. The van der Waals surface area contributed by atoms with Gasteiger partial charge in [-0.1, -0.05) is 65.2 Å². The SMILES string of the molecule is CCCCCCCCCCCc1nc(C(N)CC)c(C)[nH]1. The van der Waals surface area contributed by atoms with Gasteiger partial charge in [0.15, 0.2) is 0 Å². The van der Waals surface area contributed by atoms with E-state index in [1.54, 1.807) is 0 Å². The van der Waals surface area contributed by atoms with Crippen molar-refractivity contribution in [2.75, 3.05) is 0 Å². The van der Waals surface area contributed by atoms with Gasteiger partial charge in [-0.15, -0.1) is 0 Å². The number of hydrogen-bond acceptors (Lipinski definition) is 2. The zero-order valence-electron chi connectivity index (χ0n) is 14.4. The molecule has 0 aliphatic rings. The van der Waals surface area contributed by atoms with Gasteiger partial charge in [0, 0.05) is 18.2 Å². The molecule has 1 aromatic rings. The largest absolute Gasteiger partial charge is 0.346 e. The minimum absolute atomic E-state index is 0.0816. The Morgan fingerprint density at radius 1 is 0.952 bits per heavy atom. The summed E-state index contributed by atoms with van der Waals surface area (Å²) in [5.41, 5.74) is 8.28. The molecule has 1 heterocycles. The third-order valence-electron chi connectivity index (χ3n) is 4.28. The first-order valence-corrected chi connectivity index (χ1v) is 9.00. The molecule has 3 N–H and O–H groups in total. The lowest BCUT2D eigenvalue weighted by Gasteiger charge is -2.05. The van der Waals surface area contributed by atoms with Crippen LogP contribution in [-0.2, 0) is 6.42 Å². The second-order valence-electron chi connectivity index (χ2n) is 6.29. The van der Waals surface area contributed by atoms with Crippen molar-refractivity contribution >= 4 is 0 Å². The van der Waals surface area contributed by atoms with Crippen LogP contribution >= 0.6 is 0 Å². The van der Waals surface area contributed by atoms with Gasteiger partial charge in [0.25, 0.3) is 0 Å². The van der Waals surface area contributed by atoms with Gasteiger partial charge in [-0.05, 0) is 19.8 Å². The van der Waals surface area contributed by atoms with Crippen molar-refractivity contribution in [3.63, 3.8) is 0 Å². The normalized spacial score (nSPS) is 12.8. The highest BCUT2D eigenvalue weighted by Crippen LogP contribution is 2.17. The van der Waals surface area contributed by atoms with Crippen LogP contribution in [0.4, 0.5) is 0 Å². The number of nitrogens with zero attached hydrogens (tertiary/aromatic N) is 1. The van der Waals surface area contributed by atoms with Crippen molar-refractivity contribution in [2.24, 2.45) is 5.73 Å². The van der Waals surface area contributed by atoms with E-state index >= 15 is 0 Å². The number of imidazole rings is 1. The Bertz CT molecular complexity index is 371. The maximum absolute atomic E-state index is 6.07. The summed E-state index contributed by atoms with van der Waals surface area (Å²) in [5.74, 6) is 1.12. The van der Waals surface area contributed by atoms with Crippen LogP contribution in [-0.4, -0.2) is 9.97 Å². The van der Waals surface area contributed by atoms with E-state index in [1.807, 2.05) is 0 Å². The number of aryl methyl sites for hydroxylation is 2. The molecule has 0 aliphatic carbocycles. The fraction of sp³-hybridized carbons (Fsp3) is 0.833. The van der Waals surface area contributed by atoms with Gasteiger partial charge in [-0.25, -0.2) is 4.98 Å². The third kappa shape index (κ3) is 7.12. The molecule has 0 fully saturated rings. The van der Waals surface area contributed by atoms with E-state index in [1.165, 1.54) is 57.8 Å². The van der Waals surface area contributed by atoms with Crippen LogP contribution in [0.5, 0.6) is 0 Å². The highest BCUT2D eigenvalue weighted by atomic mass is 15.0. The smallest absolute Gasteiger partial charge is 0.106 e. The Morgan fingerprint density at radius 3 is 2.10 bits per heavy atom. The summed E-state index contributed by atoms with van der Waals surface area (Å²) in [5, 5.41) is 0. The zero-order chi connectivity index (χ0) is 15.5. The lowest BCUT2D eigenvalue weighted by Crippen LogP contribution is -2.10. The van der Waals surface area contributed by atoms with Crippen LogP contribution in [0, 0.1) is 6.92 Å². The van der Waals surface area contributed by atoms with E-state index in [4.69, 9.17) is 5.73 Å². The lowest BCUT2D eigenvalue weighted by atomic mass is 10.1. The van der Waals surface area contributed by atoms with E-state index in [0.717, 1.165) is 30.1 Å². The molecule has 1 unspecified atom stereocenters. The van der Waals surface area contributed by atoms with Crippen LogP contribution in [0.1, 0.15) is 101 Å². The Morgan fingerprint density at radius 2 is 1.52 bits per heavy atom. The minimum atomic E-state index is 0.0816. The fourth-order valence-electron chi connectivity index (χ4n) is 2.81. The molecule has 0 bridgehead atoms. The average molecular weight is 293 g/mol. The zero-order valence-corrected chi connectivity index (χ0v) is 14.4. The van der Waals surface area contributed by atoms with Crippen LogP contribution < -0.4 is 5.73 Å². The van der Waals surface area contributed by atoms with Gasteiger partial charge in [0.2, 0.25) is 0 Å². The molecule has 0 radical (unpaired) electrons. The molecule has 0 amide bonds. The molecular formula is C18H35N3. The van der Waals surface area contributed by atoms with Crippen LogP contribution in [0.15, 0.2) is 0 Å². The first kappa shape index (κ1) is 18.2. The van der Waals surface area contributed by atoms with Crippen molar-refractivity contribution in [1.82, 2.24) is 9.97 Å². The molecule has 0 spiro atoms. The topological polar surface area (TPSA) is 54.7 Å². The molecule has 0 aromatic carbocycles. The van der Waals surface area contributed by atoms with E-state index < -0.39 is 0 Å². The van der Waals surface area contributed by atoms with Crippen molar-refractivity contribution < 1.29 is 0 Å². The fourth-order valence-corrected chi connectivity index (χ4v) is 2.81. The van der Waals surface area contributed by atoms with Crippen LogP contribution in [0.3, 0.4) is 0 Å². The predicted molar refractivity (Wildman–Crippen MR) is 91.5 cm³/mol. The Labute approximate surface area is 131 Å². The van der Waals surface area contributed by atoms with Crippen molar-refractivity contribution in [1.29, 1.82) is 0 Å². The molecule has 1 rings (SSSR count). The van der Waals surface area contributed by atoms with Gasteiger partial charge in [-0.3, -0.25) is 0 Å². The van der Waals surface area contributed by atoms with Gasteiger partial charge in [0.1, 0.15) is 5.82 Å². The lowest BCUT2D eigenvalue weighted by molar-refractivity contribution is 0.562. The summed E-state index contributed by atoms with van der Waals surface area (Å²) in [6.45, 7) is 6.46. The molecule has 3 heteroatoms. The molecule has 1 aromatic heterocycles. The molecule has 122 valence electrons. The standard InChI is InChI=1S/C18H35N3/c1-4-6-7-8-9-10-11-12-13-14-17-20-15(3)18(21-17)16(19)5-2/h16H,4-14,19H2,1-3H3,(H,20,21). The van der Waals surface area contributed by atoms with Crippen LogP contribution in [0.25, 0.3) is 0 Å². The third-order valence-corrected chi connectivity index (χ3v) is 4.28. The Balaban J connectivity index is 2.10. The van der Waals surface area contributed by atoms with E-state index in [0.29, 0.717) is 0 Å². The van der Waals surface area contributed by atoms with Gasteiger partial charge in [-0.2, -0.15) is 0 Å². The second kappa shape index (κ2) is 10.8. The second-order valence-corrected chi connectivity index (χ2v) is 6.29. The number of hydrogen-bond donors (Lipinski definition) is 2. The monoisotopic (exact) mass is 293 g/mol. The van der Waals surface area contributed by atoms with Gasteiger partial charge >= 0.3 is 0 Å². The number of aromatic nitrogens is 2.